The van der Waals surface area contributed by atoms with Gasteiger partial charge < -0.3 is 10.1 Å². The predicted octanol–water partition coefficient (Wildman–Crippen LogP) is 3.51. The molecule has 1 atom stereocenters. The summed E-state index contributed by atoms with van der Waals surface area (Å²) < 4.78 is 32.6. The summed E-state index contributed by atoms with van der Waals surface area (Å²) in [5, 5.41) is 3.08. The smallest absolute Gasteiger partial charge is 0.252 e. The molecular weight excluding hydrogens is 400 g/mol. The molecule has 0 spiro atoms. The minimum Gasteiger partial charge on any atom is -0.379 e. The molecule has 162 valence electrons. The monoisotopic (exact) mass is 430 g/mol. The third kappa shape index (κ3) is 4.74. The Hall–Kier alpha value is -2.22. The number of benzene rings is 2. The van der Waals surface area contributed by atoms with Crippen LogP contribution in [0.2, 0.25) is 0 Å². The standard InChI is InChI=1S/C23H30N2O4S/c1-5-22(19-8-6-16(2)18(4)14-19)24-23(26)21-15-20(9-7-17(21)3)30(27,28)25-10-12-29-13-11-25/h6-9,14-15,22H,5,10-13H2,1-4H3,(H,24,26)/t22-/m0/s1. The first-order valence-corrected chi connectivity index (χ1v) is 11.7. The van der Waals surface area contributed by atoms with Crippen LogP contribution >= 0.6 is 0 Å². The summed E-state index contributed by atoms with van der Waals surface area (Å²) in [6.07, 6.45) is 0.735. The van der Waals surface area contributed by atoms with E-state index < -0.39 is 10.0 Å². The third-order valence-electron chi connectivity index (χ3n) is 5.71. The van der Waals surface area contributed by atoms with E-state index in [1.807, 2.05) is 19.9 Å². The van der Waals surface area contributed by atoms with Crippen LogP contribution < -0.4 is 5.32 Å². The van der Waals surface area contributed by atoms with Gasteiger partial charge in [-0.2, -0.15) is 4.31 Å². The van der Waals surface area contributed by atoms with Crippen LogP contribution in [-0.2, 0) is 14.8 Å². The summed E-state index contributed by atoms with van der Waals surface area (Å²) in [6, 6.07) is 10.8. The molecule has 1 amide bonds. The Bertz CT molecular complexity index is 1030. The van der Waals surface area contributed by atoms with Gasteiger partial charge in [-0.15, -0.1) is 0 Å². The van der Waals surface area contributed by atoms with Crippen LogP contribution in [0, 0.1) is 20.8 Å². The number of sulfonamides is 1. The van der Waals surface area contributed by atoms with Crippen LogP contribution in [0.5, 0.6) is 0 Å². The lowest BCUT2D eigenvalue weighted by Gasteiger charge is -2.26. The first kappa shape index (κ1) is 22.5. The van der Waals surface area contributed by atoms with Gasteiger partial charge in [0.15, 0.2) is 0 Å². The van der Waals surface area contributed by atoms with Crippen molar-refractivity contribution in [2.45, 2.75) is 45.1 Å². The second-order valence-electron chi connectivity index (χ2n) is 7.77. The molecule has 1 N–H and O–H groups in total. The van der Waals surface area contributed by atoms with E-state index in [2.05, 4.69) is 31.3 Å². The summed E-state index contributed by atoms with van der Waals surface area (Å²) in [4.78, 5) is 13.2. The molecule has 0 saturated carbocycles. The van der Waals surface area contributed by atoms with Crippen molar-refractivity contribution in [1.29, 1.82) is 0 Å². The maximum absolute atomic E-state index is 13.1. The zero-order chi connectivity index (χ0) is 21.9. The minimum atomic E-state index is -3.66. The Labute approximate surface area is 179 Å². The van der Waals surface area contributed by atoms with Gasteiger partial charge >= 0.3 is 0 Å². The first-order valence-electron chi connectivity index (χ1n) is 10.3. The van der Waals surface area contributed by atoms with Gasteiger partial charge in [-0.25, -0.2) is 8.42 Å². The third-order valence-corrected chi connectivity index (χ3v) is 7.60. The van der Waals surface area contributed by atoms with E-state index in [9.17, 15) is 13.2 Å². The topological polar surface area (TPSA) is 75.7 Å². The molecule has 6 nitrogen and oxygen atoms in total. The molecule has 2 aromatic carbocycles. The molecule has 1 fully saturated rings. The number of morpholine rings is 1. The molecule has 1 heterocycles. The highest BCUT2D eigenvalue weighted by Gasteiger charge is 2.27. The van der Waals surface area contributed by atoms with E-state index in [0.717, 1.165) is 17.5 Å². The minimum absolute atomic E-state index is 0.138. The molecule has 2 aromatic rings. The molecule has 0 unspecified atom stereocenters. The molecule has 0 radical (unpaired) electrons. The van der Waals surface area contributed by atoms with Crippen molar-refractivity contribution in [2.75, 3.05) is 26.3 Å². The predicted molar refractivity (Wildman–Crippen MR) is 117 cm³/mol. The van der Waals surface area contributed by atoms with Crippen molar-refractivity contribution in [2.24, 2.45) is 0 Å². The van der Waals surface area contributed by atoms with E-state index in [1.165, 1.54) is 21.5 Å². The molecule has 1 aliphatic heterocycles. The fraction of sp³-hybridized carbons (Fsp3) is 0.435. The van der Waals surface area contributed by atoms with Gasteiger partial charge in [0.1, 0.15) is 0 Å². The maximum atomic E-state index is 13.1. The SMILES string of the molecule is CC[C@H](NC(=O)c1cc(S(=O)(=O)N2CCOCC2)ccc1C)c1ccc(C)c(C)c1. The van der Waals surface area contributed by atoms with Crippen molar-refractivity contribution in [3.8, 4) is 0 Å². The number of aryl methyl sites for hydroxylation is 3. The van der Waals surface area contributed by atoms with Crippen molar-refractivity contribution < 1.29 is 17.9 Å². The van der Waals surface area contributed by atoms with E-state index >= 15 is 0 Å². The maximum Gasteiger partial charge on any atom is 0.252 e. The zero-order valence-electron chi connectivity index (χ0n) is 18.1. The largest absolute Gasteiger partial charge is 0.379 e. The van der Waals surface area contributed by atoms with Gasteiger partial charge in [0.2, 0.25) is 10.0 Å². The fourth-order valence-electron chi connectivity index (χ4n) is 3.58. The van der Waals surface area contributed by atoms with Crippen molar-refractivity contribution in [3.63, 3.8) is 0 Å². The number of nitrogens with one attached hydrogen (secondary N) is 1. The van der Waals surface area contributed by atoms with Gasteiger partial charge in [0, 0.05) is 18.7 Å². The second kappa shape index (κ2) is 9.29. The van der Waals surface area contributed by atoms with Crippen LogP contribution in [0.1, 0.15) is 52.0 Å². The van der Waals surface area contributed by atoms with Crippen molar-refractivity contribution in [3.05, 3.63) is 64.2 Å². The quantitative estimate of drug-likeness (QED) is 0.761. The Morgan fingerprint density at radius 1 is 1.03 bits per heavy atom. The van der Waals surface area contributed by atoms with Crippen LogP contribution in [0.3, 0.4) is 0 Å². The average Bonchev–Trinajstić information content (AvgIpc) is 2.74. The lowest BCUT2D eigenvalue weighted by molar-refractivity contribution is 0.0730. The van der Waals surface area contributed by atoms with E-state index in [0.29, 0.717) is 31.9 Å². The number of hydrogen-bond donors (Lipinski definition) is 1. The van der Waals surface area contributed by atoms with Crippen molar-refractivity contribution in [1.82, 2.24) is 9.62 Å². The summed E-state index contributed by atoms with van der Waals surface area (Å²) in [7, 11) is -3.66. The Morgan fingerprint density at radius 2 is 1.70 bits per heavy atom. The van der Waals surface area contributed by atoms with Gasteiger partial charge in [0.05, 0.1) is 24.2 Å². The summed E-state index contributed by atoms with van der Waals surface area (Å²) in [6.45, 7) is 9.35. The highest BCUT2D eigenvalue weighted by Crippen LogP contribution is 2.23. The molecular formula is C23H30N2O4S. The normalized spacial score (nSPS) is 16.3. The number of nitrogens with zero attached hydrogens (tertiary/aromatic N) is 1. The molecule has 0 aliphatic carbocycles. The second-order valence-corrected chi connectivity index (χ2v) is 9.71. The lowest BCUT2D eigenvalue weighted by Crippen LogP contribution is -2.40. The van der Waals surface area contributed by atoms with Crippen LogP contribution in [-0.4, -0.2) is 44.9 Å². The Kier molecular flexibility index (Phi) is 6.95. The van der Waals surface area contributed by atoms with Crippen LogP contribution in [0.4, 0.5) is 0 Å². The summed E-state index contributed by atoms with van der Waals surface area (Å²) >= 11 is 0. The zero-order valence-corrected chi connectivity index (χ0v) is 18.9. The molecule has 30 heavy (non-hydrogen) atoms. The average molecular weight is 431 g/mol. The molecule has 1 saturated heterocycles. The van der Waals surface area contributed by atoms with Crippen LogP contribution in [0.15, 0.2) is 41.3 Å². The van der Waals surface area contributed by atoms with E-state index in [1.54, 1.807) is 12.1 Å². The number of ether oxygens (including phenoxy) is 1. The summed E-state index contributed by atoms with van der Waals surface area (Å²) in [5.74, 6) is -0.267. The Balaban J connectivity index is 1.86. The number of carbonyl (C=O) groups is 1. The highest BCUT2D eigenvalue weighted by molar-refractivity contribution is 7.89. The number of carbonyl (C=O) groups excluding carboxylic acids is 1. The lowest BCUT2D eigenvalue weighted by atomic mass is 9.99. The molecule has 7 heteroatoms. The van der Waals surface area contributed by atoms with Gasteiger partial charge in [-0.3, -0.25) is 4.79 Å². The van der Waals surface area contributed by atoms with Gasteiger partial charge in [-0.05, 0) is 61.6 Å². The molecule has 1 aliphatic rings. The van der Waals surface area contributed by atoms with Gasteiger partial charge in [-0.1, -0.05) is 31.2 Å². The Morgan fingerprint density at radius 3 is 2.33 bits per heavy atom. The highest BCUT2D eigenvalue weighted by atomic mass is 32.2. The van der Waals surface area contributed by atoms with Crippen LogP contribution in [0.25, 0.3) is 0 Å². The molecule has 3 rings (SSSR count). The summed E-state index contributed by atoms with van der Waals surface area (Å²) in [5.41, 5.74) is 4.55. The van der Waals surface area contributed by atoms with Gasteiger partial charge in [0.25, 0.3) is 5.91 Å². The van der Waals surface area contributed by atoms with Crippen molar-refractivity contribution >= 4 is 15.9 Å². The fourth-order valence-corrected chi connectivity index (χ4v) is 5.02. The van der Waals surface area contributed by atoms with E-state index in [-0.39, 0.29) is 16.8 Å². The number of hydrogen-bond acceptors (Lipinski definition) is 4. The van der Waals surface area contributed by atoms with E-state index in [4.69, 9.17) is 4.74 Å². The first-order chi connectivity index (χ1) is 14.2. The molecule has 0 aromatic heterocycles. The molecule has 0 bridgehead atoms. The number of rotatable bonds is 6. The number of amides is 1.